The summed E-state index contributed by atoms with van der Waals surface area (Å²) < 4.78 is 18.3. The van der Waals surface area contributed by atoms with E-state index in [2.05, 4.69) is 35.7 Å². The number of anilines is 1. The molecule has 0 radical (unpaired) electrons. The molecule has 6 aromatic rings. The number of halogens is 2. The average Bonchev–Trinajstić information content (AvgIpc) is 3.30. The van der Waals surface area contributed by atoms with Crippen molar-refractivity contribution in [2.75, 3.05) is 5.73 Å². The first-order valence-corrected chi connectivity index (χ1v) is 12.5. The van der Waals surface area contributed by atoms with Crippen LogP contribution in [0.15, 0.2) is 53.6 Å². The third-order valence-corrected chi connectivity index (χ3v) is 7.72. The van der Waals surface area contributed by atoms with Crippen LogP contribution in [-0.2, 0) is 0 Å². The van der Waals surface area contributed by atoms with E-state index >= 15 is 4.39 Å². The first kappa shape index (κ1) is 22.1. The Morgan fingerprint density at radius 1 is 1.13 bits per heavy atom. The molecule has 1 aliphatic carbocycles. The normalized spacial score (nSPS) is 19.4. The van der Waals surface area contributed by atoms with E-state index in [4.69, 9.17) is 22.3 Å². The summed E-state index contributed by atoms with van der Waals surface area (Å²) in [4.78, 5) is 25.8. The van der Waals surface area contributed by atoms with E-state index in [-0.39, 0.29) is 23.1 Å². The molecule has 3 unspecified atom stereocenters. The van der Waals surface area contributed by atoms with Gasteiger partial charge in [-0.25, -0.2) is 9.97 Å². The summed E-state index contributed by atoms with van der Waals surface area (Å²) in [5.74, 6) is 0.974. The van der Waals surface area contributed by atoms with Gasteiger partial charge in [0.25, 0.3) is 5.56 Å². The fourth-order valence-electron chi connectivity index (χ4n) is 5.64. The maximum Gasteiger partial charge on any atom is 0.254 e. The smallest absolute Gasteiger partial charge is 0.254 e. The first-order valence-electron chi connectivity index (χ1n) is 12.1. The molecule has 1 aliphatic heterocycles. The number of hydrogen-bond donors (Lipinski definition) is 3. The largest absolute Gasteiger partial charge is 0.382 e. The third-order valence-electron chi connectivity index (χ3n) is 7.49. The summed E-state index contributed by atoms with van der Waals surface area (Å²) in [7, 11) is 0. The lowest BCUT2D eigenvalue weighted by atomic mass is 10.1. The van der Waals surface area contributed by atoms with Gasteiger partial charge in [0.1, 0.15) is 23.7 Å². The molecule has 0 bridgehead atoms. The average molecular weight is 542 g/mol. The number of aromatic amines is 2. The molecule has 0 saturated heterocycles. The number of rotatable bonds is 4. The number of nitrogens with zero attached hydrogens (tertiary/aromatic N) is 8. The van der Waals surface area contributed by atoms with Crippen molar-refractivity contribution in [1.82, 2.24) is 49.9 Å². The standard InChI is InChI=1S/C25H17ClFN11O/c26-11-2-4-18(37-9-29-35-36-37)15(6-11)16-8-19(39)38-21(13-7-14(13)25(38)30-16)24-31-20(22(27)32-24)10-1-3-12-17(5-10)33-34-23(12)28/h1-6,8-9,13-14,21H,7H2,(H,31,32)(H3,28,33,34). The Kier molecular flexibility index (Phi) is 4.42. The van der Waals surface area contributed by atoms with Crippen molar-refractivity contribution < 1.29 is 4.39 Å². The van der Waals surface area contributed by atoms with Crippen LogP contribution in [0, 0.1) is 11.9 Å². The molecule has 4 aromatic heterocycles. The molecule has 2 aliphatic rings. The van der Waals surface area contributed by atoms with E-state index in [1.165, 1.54) is 17.1 Å². The Balaban J connectivity index is 1.21. The fraction of sp³-hybridized carbons (Fsp3) is 0.160. The van der Waals surface area contributed by atoms with Crippen LogP contribution in [0.5, 0.6) is 0 Å². The highest BCUT2D eigenvalue weighted by molar-refractivity contribution is 6.31. The lowest BCUT2D eigenvalue weighted by Crippen LogP contribution is -2.27. The number of imidazole rings is 1. The number of fused-ring (bicyclic) bond motifs is 4. The highest BCUT2D eigenvalue weighted by Crippen LogP contribution is 2.60. The van der Waals surface area contributed by atoms with Crippen LogP contribution < -0.4 is 11.3 Å². The van der Waals surface area contributed by atoms with Crippen LogP contribution in [0.25, 0.3) is 39.1 Å². The maximum atomic E-state index is 15.2. The van der Waals surface area contributed by atoms with Crippen molar-refractivity contribution in [3.05, 3.63) is 81.8 Å². The molecular formula is C25H17ClFN11O. The predicted octanol–water partition coefficient (Wildman–Crippen LogP) is 3.23. The van der Waals surface area contributed by atoms with Crippen LogP contribution in [0.1, 0.15) is 30.0 Å². The summed E-state index contributed by atoms with van der Waals surface area (Å²) >= 11 is 6.29. The van der Waals surface area contributed by atoms with Gasteiger partial charge < -0.3 is 10.7 Å². The molecule has 1 saturated carbocycles. The fourth-order valence-corrected chi connectivity index (χ4v) is 5.81. The molecule has 2 aromatic carbocycles. The number of hydrogen-bond acceptors (Lipinski definition) is 8. The molecule has 0 amide bonds. The zero-order valence-electron chi connectivity index (χ0n) is 19.9. The number of tetrazole rings is 1. The number of nitrogens with two attached hydrogens (primary N) is 1. The minimum atomic E-state index is -0.579. The minimum absolute atomic E-state index is 0.0688. The zero-order chi connectivity index (χ0) is 26.4. The zero-order valence-corrected chi connectivity index (χ0v) is 20.6. The SMILES string of the molecule is Nc1n[nH]c2cc(-c3nc(C4C5CC5c5nc(-c6cc(Cl)ccc6-n6cnnn6)cc(=O)n54)[nH]c3F)ccc12. The summed E-state index contributed by atoms with van der Waals surface area (Å²) in [6.07, 6.45) is 2.29. The molecular weight excluding hydrogens is 525 g/mol. The van der Waals surface area contributed by atoms with E-state index in [0.717, 1.165) is 11.8 Å². The van der Waals surface area contributed by atoms with Crippen LogP contribution in [0.3, 0.4) is 0 Å². The topological polar surface area (TPSA) is 162 Å². The van der Waals surface area contributed by atoms with Gasteiger partial charge in [-0.05, 0) is 53.1 Å². The van der Waals surface area contributed by atoms with Crippen molar-refractivity contribution in [2.24, 2.45) is 5.92 Å². The number of nitrogens with one attached hydrogen (secondary N) is 2. The second-order valence-corrected chi connectivity index (χ2v) is 10.2. The van der Waals surface area contributed by atoms with Gasteiger partial charge in [0.2, 0.25) is 5.95 Å². The van der Waals surface area contributed by atoms with E-state index in [1.54, 1.807) is 41.0 Å². The van der Waals surface area contributed by atoms with Crippen LogP contribution in [0.4, 0.5) is 10.2 Å². The number of nitrogen functional groups attached to an aromatic ring is 1. The Hall–Kier alpha value is -4.91. The van der Waals surface area contributed by atoms with Gasteiger partial charge in [0.15, 0.2) is 5.82 Å². The summed E-state index contributed by atoms with van der Waals surface area (Å²) in [6, 6.07) is 11.5. The third kappa shape index (κ3) is 3.26. The quantitative estimate of drug-likeness (QED) is 0.306. The van der Waals surface area contributed by atoms with E-state index in [1.807, 2.05) is 0 Å². The van der Waals surface area contributed by atoms with Crippen molar-refractivity contribution in [3.63, 3.8) is 0 Å². The molecule has 8 rings (SSSR count). The van der Waals surface area contributed by atoms with Gasteiger partial charge in [0, 0.05) is 33.5 Å². The van der Waals surface area contributed by atoms with Crippen molar-refractivity contribution >= 4 is 28.3 Å². The molecule has 192 valence electrons. The monoisotopic (exact) mass is 541 g/mol. The number of benzene rings is 2. The van der Waals surface area contributed by atoms with Gasteiger partial charge in [-0.2, -0.15) is 14.2 Å². The van der Waals surface area contributed by atoms with E-state index in [0.29, 0.717) is 50.5 Å². The minimum Gasteiger partial charge on any atom is -0.382 e. The van der Waals surface area contributed by atoms with Crippen LogP contribution in [0.2, 0.25) is 5.02 Å². The highest BCUT2D eigenvalue weighted by Gasteiger charge is 2.55. The van der Waals surface area contributed by atoms with Crippen LogP contribution in [-0.4, -0.2) is 49.9 Å². The van der Waals surface area contributed by atoms with Crippen molar-refractivity contribution in [1.29, 1.82) is 0 Å². The Labute approximate surface area is 222 Å². The van der Waals surface area contributed by atoms with Crippen LogP contribution >= 0.6 is 11.6 Å². The van der Waals surface area contributed by atoms with Crippen molar-refractivity contribution in [2.45, 2.75) is 18.4 Å². The van der Waals surface area contributed by atoms with E-state index in [9.17, 15) is 4.79 Å². The highest BCUT2D eigenvalue weighted by atomic mass is 35.5. The molecule has 1 fully saturated rings. The molecule has 12 nitrogen and oxygen atoms in total. The van der Waals surface area contributed by atoms with Crippen molar-refractivity contribution in [3.8, 4) is 28.2 Å². The van der Waals surface area contributed by atoms with Gasteiger partial charge >= 0.3 is 0 Å². The Bertz CT molecular complexity index is 1990. The second kappa shape index (κ2) is 7.80. The number of H-pyrrole nitrogens is 2. The van der Waals surface area contributed by atoms with Gasteiger partial charge in [-0.1, -0.05) is 17.7 Å². The molecule has 0 spiro atoms. The summed E-state index contributed by atoms with van der Waals surface area (Å²) in [5, 5.41) is 19.4. The van der Waals surface area contributed by atoms with Gasteiger partial charge in [-0.3, -0.25) is 14.5 Å². The first-order chi connectivity index (χ1) is 19.0. The lowest BCUT2D eigenvalue weighted by Gasteiger charge is -2.16. The summed E-state index contributed by atoms with van der Waals surface area (Å²) in [6.45, 7) is 0. The molecule has 4 N–H and O–H groups in total. The van der Waals surface area contributed by atoms with E-state index < -0.39 is 12.0 Å². The molecule has 5 heterocycles. The second-order valence-electron chi connectivity index (χ2n) is 9.73. The Morgan fingerprint density at radius 3 is 2.87 bits per heavy atom. The van der Waals surface area contributed by atoms with Gasteiger partial charge in [-0.15, -0.1) is 5.10 Å². The maximum absolute atomic E-state index is 15.2. The predicted molar refractivity (Wildman–Crippen MR) is 139 cm³/mol. The number of aromatic nitrogens is 10. The lowest BCUT2D eigenvalue weighted by molar-refractivity contribution is 0.500. The Morgan fingerprint density at radius 2 is 2.03 bits per heavy atom. The molecule has 3 atom stereocenters. The molecule has 39 heavy (non-hydrogen) atoms. The molecule has 14 heteroatoms. The van der Waals surface area contributed by atoms with Gasteiger partial charge in [0.05, 0.1) is 22.9 Å². The summed E-state index contributed by atoms with van der Waals surface area (Å²) in [5.41, 5.74) is 8.72.